The van der Waals surface area contributed by atoms with Crippen molar-refractivity contribution in [2.24, 2.45) is 0 Å². The molecule has 0 aliphatic rings. The van der Waals surface area contributed by atoms with Crippen molar-refractivity contribution in [3.8, 4) is 0 Å². The third-order valence-electron chi connectivity index (χ3n) is 1.87. The second kappa shape index (κ2) is 7.85. The van der Waals surface area contributed by atoms with Gasteiger partial charge < -0.3 is 4.74 Å². The molecule has 0 spiro atoms. The molecule has 0 aliphatic heterocycles. The van der Waals surface area contributed by atoms with Gasteiger partial charge in [0.05, 0.1) is 6.10 Å². The monoisotopic (exact) mass is 234 g/mol. The van der Waals surface area contributed by atoms with Crippen LogP contribution in [0.3, 0.4) is 0 Å². The molecule has 0 saturated heterocycles. The van der Waals surface area contributed by atoms with Crippen LogP contribution < -0.4 is 0 Å². The minimum Gasteiger partial charge on any atom is -0.463 e. The van der Waals surface area contributed by atoms with E-state index in [1.807, 2.05) is 27.7 Å². The Morgan fingerprint density at radius 3 is 2.27 bits per heavy atom. The first kappa shape index (κ1) is 14.6. The molecule has 0 N–H and O–H groups in total. The third-order valence-corrected chi connectivity index (χ3v) is 3.61. The van der Waals surface area contributed by atoms with E-state index in [2.05, 4.69) is 0 Å². The Morgan fingerprint density at radius 2 is 1.80 bits per heavy atom. The molecule has 90 valence electrons. The van der Waals surface area contributed by atoms with Crippen LogP contribution in [0.15, 0.2) is 0 Å². The van der Waals surface area contributed by atoms with Crippen molar-refractivity contribution < 1.29 is 13.7 Å². The van der Waals surface area contributed by atoms with Crippen molar-refractivity contribution in [1.82, 2.24) is 0 Å². The van der Waals surface area contributed by atoms with Gasteiger partial charge in [-0.25, -0.2) is 0 Å². The van der Waals surface area contributed by atoms with Gasteiger partial charge in [-0.2, -0.15) is 0 Å². The van der Waals surface area contributed by atoms with E-state index in [1.165, 1.54) is 0 Å². The van der Waals surface area contributed by atoms with Gasteiger partial charge in [0.25, 0.3) is 0 Å². The predicted octanol–water partition coefficient (Wildman–Crippen LogP) is 2.27. The van der Waals surface area contributed by atoms with Crippen molar-refractivity contribution in [3.63, 3.8) is 0 Å². The van der Waals surface area contributed by atoms with Gasteiger partial charge in [0.2, 0.25) is 0 Å². The van der Waals surface area contributed by atoms with E-state index < -0.39 is 10.8 Å². The summed E-state index contributed by atoms with van der Waals surface area (Å²) in [5.74, 6) is 0.535. The lowest BCUT2D eigenvalue weighted by Crippen LogP contribution is -2.12. The summed E-state index contributed by atoms with van der Waals surface area (Å²) >= 11 is 0. The van der Waals surface area contributed by atoms with Gasteiger partial charge in [-0.3, -0.25) is 9.00 Å². The number of rotatable bonds is 7. The van der Waals surface area contributed by atoms with E-state index >= 15 is 0 Å². The van der Waals surface area contributed by atoms with E-state index in [0.29, 0.717) is 12.2 Å². The predicted molar refractivity (Wildman–Crippen MR) is 63.2 cm³/mol. The standard InChI is InChI=1S/C11H22O3S/c1-9(2)14-11(12)7-5-6-8-15(13)10(3)4/h9-10H,5-8H2,1-4H3. The number of hydrogen-bond donors (Lipinski definition) is 0. The molecule has 3 nitrogen and oxygen atoms in total. The van der Waals surface area contributed by atoms with Crippen LogP contribution in [0.25, 0.3) is 0 Å². The molecule has 0 aliphatic carbocycles. The molecule has 0 rings (SSSR count). The van der Waals surface area contributed by atoms with Crippen LogP contribution in [0.4, 0.5) is 0 Å². The van der Waals surface area contributed by atoms with Crippen molar-refractivity contribution >= 4 is 16.8 Å². The van der Waals surface area contributed by atoms with Crippen molar-refractivity contribution in [3.05, 3.63) is 0 Å². The maximum absolute atomic E-state index is 11.4. The first-order valence-corrected chi connectivity index (χ1v) is 6.88. The van der Waals surface area contributed by atoms with Crippen molar-refractivity contribution in [1.29, 1.82) is 0 Å². The topological polar surface area (TPSA) is 43.4 Å². The molecular weight excluding hydrogens is 212 g/mol. The van der Waals surface area contributed by atoms with Gasteiger partial charge in [0, 0.05) is 28.2 Å². The van der Waals surface area contributed by atoms with Gasteiger partial charge in [-0.05, 0) is 26.7 Å². The summed E-state index contributed by atoms with van der Waals surface area (Å²) < 4.78 is 16.4. The van der Waals surface area contributed by atoms with Crippen LogP contribution in [0.1, 0.15) is 47.0 Å². The smallest absolute Gasteiger partial charge is 0.306 e. The van der Waals surface area contributed by atoms with E-state index in [1.54, 1.807) is 0 Å². The highest BCUT2D eigenvalue weighted by atomic mass is 32.2. The van der Waals surface area contributed by atoms with Crippen LogP contribution in [-0.2, 0) is 20.3 Å². The molecule has 1 atom stereocenters. The van der Waals surface area contributed by atoms with Gasteiger partial charge in [0.1, 0.15) is 0 Å². The van der Waals surface area contributed by atoms with E-state index in [9.17, 15) is 9.00 Å². The van der Waals surface area contributed by atoms with Crippen LogP contribution in [0, 0.1) is 0 Å². The summed E-state index contributed by atoms with van der Waals surface area (Å²) in [5, 5.41) is 0.215. The molecule has 0 aromatic heterocycles. The highest BCUT2D eigenvalue weighted by molar-refractivity contribution is 7.85. The molecule has 0 fully saturated rings. The van der Waals surface area contributed by atoms with Gasteiger partial charge in [-0.1, -0.05) is 13.8 Å². The van der Waals surface area contributed by atoms with E-state index in [4.69, 9.17) is 4.74 Å². The lowest BCUT2D eigenvalue weighted by atomic mass is 10.2. The second-order valence-corrected chi connectivity index (χ2v) is 6.24. The van der Waals surface area contributed by atoms with E-state index in [0.717, 1.165) is 12.8 Å². The molecule has 15 heavy (non-hydrogen) atoms. The minimum absolute atomic E-state index is 0.0395. The molecule has 0 bridgehead atoms. The number of esters is 1. The number of carbonyl (C=O) groups excluding carboxylic acids is 1. The zero-order chi connectivity index (χ0) is 11.8. The van der Waals surface area contributed by atoms with Crippen LogP contribution >= 0.6 is 0 Å². The molecule has 0 saturated carbocycles. The zero-order valence-corrected chi connectivity index (χ0v) is 10.9. The Bertz CT molecular complexity index is 212. The molecule has 1 unspecified atom stereocenters. The van der Waals surface area contributed by atoms with Crippen molar-refractivity contribution in [2.75, 3.05) is 5.75 Å². The van der Waals surface area contributed by atoms with Crippen LogP contribution in [-0.4, -0.2) is 27.3 Å². The lowest BCUT2D eigenvalue weighted by molar-refractivity contribution is -0.147. The largest absolute Gasteiger partial charge is 0.463 e. The molecule has 0 aromatic rings. The van der Waals surface area contributed by atoms with Gasteiger partial charge in [0.15, 0.2) is 0 Å². The molecule has 0 radical (unpaired) electrons. The SMILES string of the molecule is CC(C)OC(=O)CCCCS(=O)C(C)C. The molecular formula is C11H22O3S. The average Bonchev–Trinajstić information content (AvgIpc) is 2.10. The Morgan fingerprint density at radius 1 is 1.20 bits per heavy atom. The van der Waals surface area contributed by atoms with Crippen LogP contribution in [0.5, 0.6) is 0 Å². The minimum atomic E-state index is -0.749. The summed E-state index contributed by atoms with van der Waals surface area (Å²) in [6.07, 6.45) is 2.00. The summed E-state index contributed by atoms with van der Waals surface area (Å²) in [6, 6.07) is 0. The normalized spacial score (nSPS) is 13.2. The Kier molecular flexibility index (Phi) is 7.65. The van der Waals surface area contributed by atoms with Crippen molar-refractivity contribution in [2.45, 2.75) is 58.3 Å². The number of ether oxygens (including phenoxy) is 1. The number of hydrogen-bond acceptors (Lipinski definition) is 3. The summed E-state index contributed by atoms with van der Waals surface area (Å²) in [7, 11) is -0.749. The van der Waals surface area contributed by atoms with Crippen LogP contribution in [0.2, 0.25) is 0 Å². The molecule has 4 heteroatoms. The second-order valence-electron chi connectivity index (χ2n) is 4.13. The maximum Gasteiger partial charge on any atom is 0.306 e. The fraction of sp³-hybridized carbons (Fsp3) is 0.909. The molecule has 0 heterocycles. The van der Waals surface area contributed by atoms with E-state index in [-0.39, 0.29) is 17.3 Å². The first-order chi connectivity index (χ1) is 6.93. The summed E-state index contributed by atoms with van der Waals surface area (Å²) in [6.45, 7) is 7.57. The third kappa shape index (κ3) is 8.60. The number of carbonyl (C=O) groups is 1. The quantitative estimate of drug-likeness (QED) is 0.501. The highest BCUT2D eigenvalue weighted by Crippen LogP contribution is 2.03. The van der Waals surface area contributed by atoms with Gasteiger partial charge in [-0.15, -0.1) is 0 Å². The summed E-state index contributed by atoms with van der Waals surface area (Å²) in [4.78, 5) is 11.1. The maximum atomic E-state index is 11.4. The molecule has 0 amide bonds. The highest BCUT2D eigenvalue weighted by Gasteiger charge is 2.07. The average molecular weight is 234 g/mol. The Hall–Kier alpha value is -0.380. The fourth-order valence-electron chi connectivity index (χ4n) is 1.07. The summed E-state index contributed by atoms with van der Waals surface area (Å²) in [5.41, 5.74) is 0. The molecule has 0 aromatic carbocycles. The fourth-order valence-corrected chi connectivity index (χ4v) is 2.03. The van der Waals surface area contributed by atoms with Gasteiger partial charge >= 0.3 is 5.97 Å². The lowest BCUT2D eigenvalue weighted by Gasteiger charge is -2.08. The number of unbranched alkanes of at least 4 members (excludes halogenated alkanes) is 1. The Balaban J connectivity index is 3.46. The first-order valence-electron chi connectivity index (χ1n) is 5.50. The zero-order valence-electron chi connectivity index (χ0n) is 10.1. The Labute approximate surface area is 95.0 Å².